The van der Waals surface area contributed by atoms with E-state index in [1.807, 2.05) is 37.3 Å². The van der Waals surface area contributed by atoms with Crippen LogP contribution in [0.1, 0.15) is 45.9 Å². The summed E-state index contributed by atoms with van der Waals surface area (Å²) in [6.07, 6.45) is 2.43. The number of hydrogen-bond donors (Lipinski definition) is 2. The minimum absolute atomic E-state index is 0.125. The van der Waals surface area contributed by atoms with Crippen molar-refractivity contribution in [3.63, 3.8) is 0 Å². The first-order valence-electron chi connectivity index (χ1n) is 9.76. The molecule has 2 aromatic carbocycles. The number of carbonyl (C=O) groups is 1. The number of amides is 1. The molecular weight excluding hydrogens is 436 g/mol. The standard InChI is InChI=1S/C21H22N4O4S2/c1-13-6-8-14(9-7-13)19(26)22-20-23-24-21(30-20)31(27,28)25-18-5-3-4-15-12-16(29-2)10-11-17(15)18/h6-12,18,25H,3-5H2,1-2H3,(H,22,23,26). The summed E-state index contributed by atoms with van der Waals surface area (Å²) in [6.45, 7) is 1.93. The lowest BCUT2D eigenvalue weighted by Gasteiger charge is -2.26. The van der Waals surface area contributed by atoms with Crippen molar-refractivity contribution in [1.29, 1.82) is 0 Å². The molecule has 162 valence electrons. The van der Waals surface area contributed by atoms with Gasteiger partial charge in [-0.1, -0.05) is 35.1 Å². The summed E-state index contributed by atoms with van der Waals surface area (Å²) in [4.78, 5) is 12.3. The van der Waals surface area contributed by atoms with Crippen molar-refractivity contribution >= 4 is 32.4 Å². The Bertz CT molecular complexity index is 1210. The number of sulfonamides is 1. The molecule has 0 aliphatic heterocycles. The lowest BCUT2D eigenvalue weighted by atomic mass is 9.88. The quantitative estimate of drug-likeness (QED) is 0.548. The molecule has 1 heterocycles. The van der Waals surface area contributed by atoms with E-state index in [1.54, 1.807) is 19.2 Å². The van der Waals surface area contributed by atoms with Crippen LogP contribution in [0, 0.1) is 6.92 Å². The molecule has 1 aliphatic rings. The van der Waals surface area contributed by atoms with Gasteiger partial charge in [-0.3, -0.25) is 10.1 Å². The third-order valence-electron chi connectivity index (χ3n) is 5.13. The zero-order chi connectivity index (χ0) is 22.0. The molecule has 1 aliphatic carbocycles. The molecule has 0 spiro atoms. The molecule has 4 rings (SSSR count). The third-order valence-corrected chi connectivity index (χ3v) is 7.81. The zero-order valence-corrected chi connectivity index (χ0v) is 18.7. The maximum atomic E-state index is 12.9. The molecule has 1 aromatic heterocycles. The smallest absolute Gasteiger partial charge is 0.270 e. The number of nitrogens with one attached hydrogen (secondary N) is 2. The normalized spacial score (nSPS) is 15.9. The van der Waals surface area contributed by atoms with Gasteiger partial charge >= 0.3 is 0 Å². The number of benzene rings is 2. The predicted octanol–water partition coefficient (Wildman–Crippen LogP) is 3.46. The average molecular weight is 459 g/mol. The Hall–Kier alpha value is -2.82. The van der Waals surface area contributed by atoms with Crippen molar-refractivity contribution in [2.45, 2.75) is 36.6 Å². The molecule has 3 aromatic rings. The highest BCUT2D eigenvalue weighted by atomic mass is 32.2. The van der Waals surface area contributed by atoms with Gasteiger partial charge in [0.15, 0.2) is 0 Å². The molecule has 1 unspecified atom stereocenters. The number of anilines is 1. The Labute approximate surface area is 184 Å². The molecule has 31 heavy (non-hydrogen) atoms. The van der Waals surface area contributed by atoms with Crippen LogP contribution in [-0.4, -0.2) is 31.6 Å². The molecule has 1 atom stereocenters. The number of fused-ring (bicyclic) bond motifs is 1. The topological polar surface area (TPSA) is 110 Å². The Morgan fingerprint density at radius 1 is 1.16 bits per heavy atom. The van der Waals surface area contributed by atoms with E-state index < -0.39 is 10.0 Å². The second-order valence-corrected chi connectivity index (χ2v) is 10.2. The van der Waals surface area contributed by atoms with Crippen LogP contribution >= 0.6 is 11.3 Å². The number of aryl methyl sites for hydroxylation is 2. The van der Waals surface area contributed by atoms with Crippen LogP contribution in [0.25, 0.3) is 0 Å². The van der Waals surface area contributed by atoms with E-state index in [2.05, 4.69) is 20.2 Å². The maximum absolute atomic E-state index is 12.9. The van der Waals surface area contributed by atoms with Crippen LogP contribution in [0.3, 0.4) is 0 Å². The lowest BCUT2D eigenvalue weighted by molar-refractivity contribution is 0.102. The molecule has 8 nitrogen and oxygen atoms in total. The molecule has 0 bridgehead atoms. The van der Waals surface area contributed by atoms with E-state index in [0.29, 0.717) is 12.0 Å². The van der Waals surface area contributed by atoms with E-state index in [1.165, 1.54) is 0 Å². The number of carbonyl (C=O) groups excluding carboxylic acids is 1. The van der Waals surface area contributed by atoms with Crippen LogP contribution in [0.15, 0.2) is 46.8 Å². The zero-order valence-electron chi connectivity index (χ0n) is 17.1. The van der Waals surface area contributed by atoms with E-state index in [9.17, 15) is 13.2 Å². The van der Waals surface area contributed by atoms with Gasteiger partial charge in [-0.2, -0.15) is 0 Å². The van der Waals surface area contributed by atoms with Crippen molar-refractivity contribution in [2.24, 2.45) is 0 Å². The molecule has 1 amide bonds. The maximum Gasteiger partial charge on any atom is 0.270 e. The van der Waals surface area contributed by atoms with Gasteiger partial charge < -0.3 is 4.74 Å². The largest absolute Gasteiger partial charge is 0.497 e. The van der Waals surface area contributed by atoms with Gasteiger partial charge in [-0.25, -0.2) is 13.1 Å². The van der Waals surface area contributed by atoms with Crippen LogP contribution < -0.4 is 14.8 Å². The second-order valence-electron chi connectivity index (χ2n) is 7.32. The van der Waals surface area contributed by atoms with Crippen molar-refractivity contribution < 1.29 is 17.9 Å². The number of ether oxygens (including phenoxy) is 1. The lowest BCUT2D eigenvalue weighted by Crippen LogP contribution is -2.31. The van der Waals surface area contributed by atoms with Crippen molar-refractivity contribution in [1.82, 2.24) is 14.9 Å². The summed E-state index contributed by atoms with van der Waals surface area (Å²) >= 11 is 0.817. The Morgan fingerprint density at radius 2 is 1.94 bits per heavy atom. The van der Waals surface area contributed by atoms with Gasteiger partial charge in [0.25, 0.3) is 15.9 Å². The highest BCUT2D eigenvalue weighted by Crippen LogP contribution is 2.33. The van der Waals surface area contributed by atoms with Gasteiger partial charge in [0.2, 0.25) is 9.47 Å². The average Bonchev–Trinajstić information content (AvgIpc) is 3.23. The van der Waals surface area contributed by atoms with Crippen molar-refractivity contribution in [2.75, 3.05) is 12.4 Å². The molecule has 0 radical (unpaired) electrons. The first-order valence-corrected chi connectivity index (χ1v) is 12.1. The fraction of sp³-hybridized carbons (Fsp3) is 0.286. The van der Waals surface area contributed by atoms with Gasteiger partial charge in [-0.05, 0) is 61.6 Å². The van der Waals surface area contributed by atoms with Crippen LogP contribution in [-0.2, 0) is 16.4 Å². The molecule has 0 saturated carbocycles. The summed E-state index contributed by atoms with van der Waals surface area (Å²) in [7, 11) is -2.28. The molecular formula is C21H22N4O4S2. The van der Waals surface area contributed by atoms with E-state index >= 15 is 0 Å². The van der Waals surface area contributed by atoms with Crippen molar-refractivity contribution in [3.8, 4) is 5.75 Å². The fourth-order valence-electron chi connectivity index (χ4n) is 3.52. The molecule has 2 N–H and O–H groups in total. The third kappa shape index (κ3) is 4.76. The van der Waals surface area contributed by atoms with E-state index in [-0.39, 0.29) is 21.4 Å². The molecule has 0 saturated heterocycles. The highest BCUT2D eigenvalue weighted by molar-refractivity contribution is 7.91. The van der Waals surface area contributed by atoms with Gasteiger partial charge in [-0.15, -0.1) is 10.2 Å². The van der Waals surface area contributed by atoms with Crippen LogP contribution in [0.5, 0.6) is 5.75 Å². The Kier molecular flexibility index (Phi) is 6.03. The van der Waals surface area contributed by atoms with Gasteiger partial charge in [0.1, 0.15) is 5.75 Å². The summed E-state index contributed by atoms with van der Waals surface area (Å²) in [6, 6.07) is 12.4. The van der Waals surface area contributed by atoms with Gasteiger partial charge in [0, 0.05) is 11.6 Å². The number of rotatable bonds is 6. The van der Waals surface area contributed by atoms with Crippen LogP contribution in [0.4, 0.5) is 5.13 Å². The van der Waals surface area contributed by atoms with Gasteiger partial charge in [0.05, 0.1) is 7.11 Å². The summed E-state index contributed by atoms with van der Waals surface area (Å²) in [5, 5.41) is 10.3. The first kappa shape index (κ1) is 21.4. The molecule has 10 heteroatoms. The summed E-state index contributed by atoms with van der Waals surface area (Å²) in [5.74, 6) is 0.378. The summed E-state index contributed by atoms with van der Waals surface area (Å²) in [5.41, 5.74) is 3.50. The van der Waals surface area contributed by atoms with E-state index in [4.69, 9.17) is 4.74 Å². The number of hydrogen-bond acceptors (Lipinski definition) is 7. The molecule has 0 fully saturated rings. The Morgan fingerprint density at radius 3 is 2.68 bits per heavy atom. The Balaban J connectivity index is 1.49. The fourth-order valence-corrected chi connectivity index (χ4v) is 5.68. The SMILES string of the molecule is COc1ccc2c(c1)CCCC2NS(=O)(=O)c1nnc(NC(=O)c2ccc(C)cc2)s1. The highest BCUT2D eigenvalue weighted by Gasteiger charge is 2.28. The number of methoxy groups -OCH3 is 1. The number of aromatic nitrogens is 2. The minimum atomic E-state index is -3.89. The first-order chi connectivity index (χ1) is 14.9. The van der Waals surface area contributed by atoms with E-state index in [0.717, 1.165) is 46.6 Å². The summed E-state index contributed by atoms with van der Waals surface area (Å²) < 4.78 is 33.6. The minimum Gasteiger partial charge on any atom is -0.497 e. The number of nitrogens with zero attached hydrogens (tertiary/aromatic N) is 2. The van der Waals surface area contributed by atoms with Crippen molar-refractivity contribution in [3.05, 3.63) is 64.7 Å². The second kappa shape index (κ2) is 8.74. The predicted molar refractivity (Wildman–Crippen MR) is 118 cm³/mol. The monoisotopic (exact) mass is 458 g/mol. The van der Waals surface area contributed by atoms with Crippen LogP contribution in [0.2, 0.25) is 0 Å².